The fourth-order valence-corrected chi connectivity index (χ4v) is 0.869. The van der Waals surface area contributed by atoms with Gasteiger partial charge in [0.2, 0.25) is 5.89 Å². The maximum atomic E-state index is 5.06. The highest BCUT2D eigenvalue weighted by molar-refractivity contribution is 4.90. The standard InChI is InChI=1S/C9H17N3O/c1-6(2)9-11-8(12-13-9)5-10-7(3)4/h6-7,10H,5H2,1-4H3. The summed E-state index contributed by atoms with van der Waals surface area (Å²) in [6, 6.07) is 0.445. The zero-order valence-electron chi connectivity index (χ0n) is 8.66. The second-order valence-corrected chi connectivity index (χ2v) is 3.74. The van der Waals surface area contributed by atoms with E-state index >= 15 is 0 Å². The van der Waals surface area contributed by atoms with Gasteiger partial charge in [0, 0.05) is 12.0 Å². The fraction of sp³-hybridized carbons (Fsp3) is 0.778. The van der Waals surface area contributed by atoms with Crippen LogP contribution in [0.3, 0.4) is 0 Å². The SMILES string of the molecule is CC(C)NCc1noc(C(C)C)n1. The highest BCUT2D eigenvalue weighted by Gasteiger charge is 2.09. The number of nitrogens with one attached hydrogen (secondary N) is 1. The first kappa shape index (κ1) is 10.2. The lowest BCUT2D eigenvalue weighted by molar-refractivity contribution is 0.359. The Balaban J connectivity index is 2.49. The van der Waals surface area contributed by atoms with Gasteiger partial charge in [0.25, 0.3) is 0 Å². The molecule has 0 bridgehead atoms. The van der Waals surface area contributed by atoms with Crippen molar-refractivity contribution in [1.29, 1.82) is 0 Å². The summed E-state index contributed by atoms with van der Waals surface area (Å²) in [5.74, 6) is 1.75. The van der Waals surface area contributed by atoms with Crippen molar-refractivity contribution in [2.75, 3.05) is 0 Å². The molecule has 0 aliphatic heterocycles. The molecule has 1 aromatic rings. The average molecular weight is 183 g/mol. The van der Waals surface area contributed by atoms with E-state index in [4.69, 9.17) is 4.52 Å². The average Bonchev–Trinajstić information content (AvgIpc) is 2.48. The van der Waals surface area contributed by atoms with Crippen LogP contribution < -0.4 is 5.32 Å². The van der Waals surface area contributed by atoms with Gasteiger partial charge in [-0.25, -0.2) is 0 Å². The molecule has 0 aliphatic carbocycles. The third-order valence-electron chi connectivity index (χ3n) is 1.65. The Morgan fingerprint density at radius 2 is 2.00 bits per heavy atom. The summed E-state index contributed by atoms with van der Waals surface area (Å²) in [7, 11) is 0. The Hall–Kier alpha value is -0.900. The van der Waals surface area contributed by atoms with Gasteiger partial charge in [0.05, 0.1) is 6.54 Å². The summed E-state index contributed by atoms with van der Waals surface area (Å²) in [6.07, 6.45) is 0. The summed E-state index contributed by atoms with van der Waals surface area (Å²) in [4.78, 5) is 4.24. The highest BCUT2D eigenvalue weighted by atomic mass is 16.5. The van der Waals surface area contributed by atoms with Crippen molar-refractivity contribution in [3.05, 3.63) is 11.7 Å². The van der Waals surface area contributed by atoms with Gasteiger partial charge in [-0.2, -0.15) is 4.98 Å². The fourth-order valence-electron chi connectivity index (χ4n) is 0.869. The van der Waals surface area contributed by atoms with Crippen LogP contribution in [-0.4, -0.2) is 16.2 Å². The molecule has 74 valence electrons. The van der Waals surface area contributed by atoms with Crippen molar-refractivity contribution in [2.45, 2.75) is 46.2 Å². The first-order valence-corrected chi connectivity index (χ1v) is 4.65. The quantitative estimate of drug-likeness (QED) is 0.771. The van der Waals surface area contributed by atoms with Gasteiger partial charge in [0.15, 0.2) is 5.82 Å². The Labute approximate surface area is 78.7 Å². The van der Waals surface area contributed by atoms with Gasteiger partial charge in [0.1, 0.15) is 0 Å². The molecule has 1 rings (SSSR count). The molecule has 0 saturated heterocycles. The Kier molecular flexibility index (Phi) is 3.42. The molecule has 13 heavy (non-hydrogen) atoms. The first-order chi connectivity index (χ1) is 6.09. The van der Waals surface area contributed by atoms with Crippen molar-refractivity contribution < 1.29 is 4.52 Å². The molecular weight excluding hydrogens is 166 g/mol. The molecule has 4 heteroatoms. The van der Waals surface area contributed by atoms with Gasteiger partial charge in [-0.05, 0) is 0 Å². The molecule has 1 aromatic heterocycles. The lowest BCUT2D eigenvalue weighted by Crippen LogP contribution is -2.22. The zero-order valence-corrected chi connectivity index (χ0v) is 8.66. The topological polar surface area (TPSA) is 51.0 Å². The van der Waals surface area contributed by atoms with E-state index in [1.165, 1.54) is 0 Å². The normalized spacial score (nSPS) is 11.5. The van der Waals surface area contributed by atoms with Crippen LogP contribution in [0.15, 0.2) is 4.52 Å². The van der Waals surface area contributed by atoms with E-state index < -0.39 is 0 Å². The molecule has 1 N–H and O–H groups in total. The van der Waals surface area contributed by atoms with Crippen molar-refractivity contribution in [3.63, 3.8) is 0 Å². The third-order valence-corrected chi connectivity index (χ3v) is 1.65. The first-order valence-electron chi connectivity index (χ1n) is 4.65. The number of hydrogen-bond acceptors (Lipinski definition) is 4. The lowest BCUT2D eigenvalue weighted by atomic mass is 10.2. The lowest BCUT2D eigenvalue weighted by Gasteiger charge is -2.03. The van der Waals surface area contributed by atoms with Gasteiger partial charge in [-0.1, -0.05) is 32.9 Å². The number of nitrogens with zero attached hydrogens (tertiary/aromatic N) is 2. The van der Waals surface area contributed by atoms with Gasteiger partial charge >= 0.3 is 0 Å². The maximum Gasteiger partial charge on any atom is 0.229 e. The number of aromatic nitrogens is 2. The second kappa shape index (κ2) is 4.37. The minimum Gasteiger partial charge on any atom is -0.339 e. The smallest absolute Gasteiger partial charge is 0.229 e. The minimum absolute atomic E-state index is 0.306. The molecule has 0 aromatic carbocycles. The van der Waals surface area contributed by atoms with Crippen LogP contribution in [0.4, 0.5) is 0 Å². The van der Waals surface area contributed by atoms with E-state index in [2.05, 4.69) is 29.3 Å². The molecular formula is C9H17N3O. The van der Waals surface area contributed by atoms with E-state index in [9.17, 15) is 0 Å². The van der Waals surface area contributed by atoms with Crippen molar-refractivity contribution in [3.8, 4) is 0 Å². The van der Waals surface area contributed by atoms with Crippen LogP contribution in [0.25, 0.3) is 0 Å². The molecule has 0 aliphatic rings. The van der Waals surface area contributed by atoms with E-state index in [1.54, 1.807) is 0 Å². The Bertz CT molecular complexity index is 255. The molecule has 4 nitrogen and oxygen atoms in total. The summed E-state index contributed by atoms with van der Waals surface area (Å²) >= 11 is 0. The Morgan fingerprint density at radius 3 is 2.46 bits per heavy atom. The van der Waals surface area contributed by atoms with Crippen LogP contribution >= 0.6 is 0 Å². The molecule has 1 heterocycles. The number of rotatable bonds is 4. The number of hydrogen-bond donors (Lipinski definition) is 1. The zero-order chi connectivity index (χ0) is 9.84. The van der Waals surface area contributed by atoms with E-state index in [1.807, 2.05) is 13.8 Å². The molecule has 0 atom stereocenters. The highest BCUT2D eigenvalue weighted by Crippen LogP contribution is 2.10. The second-order valence-electron chi connectivity index (χ2n) is 3.74. The van der Waals surface area contributed by atoms with E-state index in [0.717, 1.165) is 5.82 Å². The Morgan fingerprint density at radius 1 is 1.31 bits per heavy atom. The monoisotopic (exact) mass is 183 g/mol. The molecule has 0 unspecified atom stereocenters. The largest absolute Gasteiger partial charge is 0.339 e. The summed E-state index contributed by atoms with van der Waals surface area (Å²) in [5, 5.41) is 7.09. The van der Waals surface area contributed by atoms with Gasteiger partial charge in [-0.15, -0.1) is 0 Å². The molecule has 0 radical (unpaired) electrons. The molecule has 0 fully saturated rings. The van der Waals surface area contributed by atoms with Crippen molar-refractivity contribution >= 4 is 0 Å². The molecule has 0 amide bonds. The van der Waals surface area contributed by atoms with Crippen LogP contribution in [0.2, 0.25) is 0 Å². The predicted octanol–water partition coefficient (Wildman–Crippen LogP) is 1.69. The van der Waals surface area contributed by atoms with E-state index in [0.29, 0.717) is 24.4 Å². The van der Waals surface area contributed by atoms with Crippen molar-refractivity contribution in [2.24, 2.45) is 0 Å². The van der Waals surface area contributed by atoms with Gasteiger partial charge in [-0.3, -0.25) is 0 Å². The third kappa shape index (κ3) is 3.14. The van der Waals surface area contributed by atoms with Crippen molar-refractivity contribution in [1.82, 2.24) is 15.5 Å². The van der Waals surface area contributed by atoms with Crippen LogP contribution in [0.1, 0.15) is 45.3 Å². The summed E-state index contributed by atoms with van der Waals surface area (Å²) in [5.41, 5.74) is 0. The summed E-state index contributed by atoms with van der Waals surface area (Å²) in [6.45, 7) is 8.92. The van der Waals surface area contributed by atoms with Gasteiger partial charge < -0.3 is 9.84 Å². The predicted molar refractivity (Wildman–Crippen MR) is 50.4 cm³/mol. The molecule has 0 spiro atoms. The van der Waals surface area contributed by atoms with E-state index in [-0.39, 0.29) is 0 Å². The van der Waals surface area contributed by atoms with Crippen LogP contribution in [-0.2, 0) is 6.54 Å². The summed E-state index contributed by atoms with van der Waals surface area (Å²) < 4.78 is 5.06. The van der Waals surface area contributed by atoms with Crippen LogP contribution in [0, 0.1) is 0 Å². The van der Waals surface area contributed by atoms with Crippen LogP contribution in [0.5, 0.6) is 0 Å². The minimum atomic E-state index is 0.306. The molecule has 0 saturated carbocycles. The maximum absolute atomic E-state index is 5.06.